The first-order valence-corrected chi connectivity index (χ1v) is 11.3. The number of aromatic nitrogens is 3. The molecule has 6 nitrogen and oxygen atoms in total. The van der Waals surface area contributed by atoms with Crippen LogP contribution in [0, 0.1) is 12.7 Å². The van der Waals surface area contributed by atoms with Gasteiger partial charge in [0.25, 0.3) is 6.43 Å². The minimum atomic E-state index is -2.89. The summed E-state index contributed by atoms with van der Waals surface area (Å²) in [6.07, 6.45) is 0.374. The van der Waals surface area contributed by atoms with Crippen LogP contribution in [0.1, 0.15) is 68.7 Å². The van der Waals surface area contributed by atoms with Gasteiger partial charge in [0.1, 0.15) is 17.5 Å². The van der Waals surface area contributed by atoms with Crippen molar-refractivity contribution in [1.82, 2.24) is 19.9 Å². The summed E-state index contributed by atoms with van der Waals surface area (Å²) < 4.78 is 41.1. The Kier molecular flexibility index (Phi) is 6.47. The van der Waals surface area contributed by atoms with E-state index < -0.39 is 23.8 Å². The van der Waals surface area contributed by atoms with Crippen LogP contribution in [0.5, 0.6) is 0 Å². The summed E-state index contributed by atoms with van der Waals surface area (Å²) in [7, 11) is 0. The van der Waals surface area contributed by atoms with Crippen molar-refractivity contribution in [2.75, 3.05) is 18.4 Å². The molecule has 0 bridgehead atoms. The second kappa shape index (κ2) is 9.19. The van der Waals surface area contributed by atoms with E-state index in [0.717, 1.165) is 30.0 Å². The number of fused-ring (bicyclic) bond motifs is 1. The van der Waals surface area contributed by atoms with Crippen LogP contribution in [0.4, 0.5) is 19.0 Å². The SMILES string of the molecule is CC(=O)N1CCC(C)(c2cc3c(NC(C)c4cccc(C(F)F)c4F)nc(C)nc3cn2)CC1. The van der Waals surface area contributed by atoms with Gasteiger partial charge in [-0.15, -0.1) is 0 Å². The smallest absolute Gasteiger partial charge is 0.266 e. The molecule has 1 aliphatic heterocycles. The average Bonchev–Trinajstić information content (AvgIpc) is 2.78. The van der Waals surface area contributed by atoms with Crippen molar-refractivity contribution in [3.8, 4) is 0 Å². The minimum absolute atomic E-state index is 0.0704. The van der Waals surface area contributed by atoms with Crippen molar-refractivity contribution in [2.45, 2.75) is 58.4 Å². The molecular weight excluding hydrogens is 443 g/mol. The van der Waals surface area contributed by atoms with Gasteiger partial charge in [-0.25, -0.2) is 23.1 Å². The molecule has 1 N–H and O–H groups in total. The van der Waals surface area contributed by atoms with Gasteiger partial charge < -0.3 is 10.2 Å². The molecule has 0 radical (unpaired) electrons. The fourth-order valence-corrected chi connectivity index (χ4v) is 4.51. The first kappa shape index (κ1) is 23.9. The van der Waals surface area contributed by atoms with E-state index in [-0.39, 0.29) is 16.9 Å². The zero-order chi connectivity index (χ0) is 24.6. The number of piperidine rings is 1. The van der Waals surface area contributed by atoms with E-state index in [1.165, 1.54) is 12.1 Å². The lowest BCUT2D eigenvalue weighted by Crippen LogP contribution is -2.43. The molecule has 1 fully saturated rings. The number of hydrogen-bond acceptors (Lipinski definition) is 5. The topological polar surface area (TPSA) is 71.0 Å². The highest BCUT2D eigenvalue weighted by Crippen LogP contribution is 2.36. The third kappa shape index (κ3) is 4.56. The van der Waals surface area contributed by atoms with Gasteiger partial charge in [0.15, 0.2) is 0 Å². The van der Waals surface area contributed by atoms with Crippen LogP contribution in [0.25, 0.3) is 10.9 Å². The zero-order valence-electron chi connectivity index (χ0n) is 19.7. The third-order valence-electron chi connectivity index (χ3n) is 6.74. The number of carbonyl (C=O) groups excluding carboxylic acids is 1. The number of halogens is 3. The summed E-state index contributed by atoms with van der Waals surface area (Å²) in [5.74, 6) is 0.158. The largest absolute Gasteiger partial charge is 0.363 e. The molecular formula is C25H28F3N5O. The van der Waals surface area contributed by atoms with Gasteiger partial charge in [-0.2, -0.15) is 0 Å². The number of amides is 1. The molecule has 2 aromatic heterocycles. The molecule has 3 heterocycles. The number of anilines is 1. The number of rotatable bonds is 5. The van der Waals surface area contributed by atoms with Crippen molar-refractivity contribution in [1.29, 1.82) is 0 Å². The molecule has 1 aliphatic rings. The standard InChI is InChI=1S/C25H28F3N5O/c1-14(17-6-5-7-18(22(17)26)23(27)28)30-24-19-12-21(29-13-20(19)31-15(2)32-24)25(4)8-10-33(11-9-25)16(3)34/h5-7,12-14,23H,8-11H2,1-4H3,(H,30,31,32). The van der Waals surface area contributed by atoms with Gasteiger partial charge in [0.05, 0.1) is 23.3 Å². The van der Waals surface area contributed by atoms with Crippen LogP contribution in [-0.2, 0) is 10.2 Å². The predicted molar refractivity (Wildman–Crippen MR) is 124 cm³/mol. The summed E-state index contributed by atoms with van der Waals surface area (Å²) in [6, 6.07) is 5.35. The van der Waals surface area contributed by atoms with Gasteiger partial charge in [0, 0.05) is 42.1 Å². The van der Waals surface area contributed by atoms with Crippen LogP contribution in [-0.4, -0.2) is 38.8 Å². The van der Waals surface area contributed by atoms with Crippen molar-refractivity contribution in [3.05, 3.63) is 58.9 Å². The van der Waals surface area contributed by atoms with E-state index in [9.17, 15) is 18.0 Å². The molecule has 0 saturated carbocycles. The molecule has 180 valence electrons. The molecule has 1 amide bonds. The second-order valence-corrected chi connectivity index (χ2v) is 9.19. The maximum atomic E-state index is 14.7. The molecule has 0 spiro atoms. The van der Waals surface area contributed by atoms with E-state index >= 15 is 0 Å². The molecule has 4 rings (SSSR count). The lowest BCUT2D eigenvalue weighted by atomic mass is 9.77. The summed E-state index contributed by atoms with van der Waals surface area (Å²) in [5, 5.41) is 3.92. The van der Waals surface area contributed by atoms with Gasteiger partial charge in [-0.05, 0) is 32.8 Å². The Hall–Kier alpha value is -3.23. The van der Waals surface area contributed by atoms with Crippen molar-refractivity contribution in [2.24, 2.45) is 0 Å². The minimum Gasteiger partial charge on any atom is -0.363 e. The quantitative estimate of drug-likeness (QED) is 0.533. The van der Waals surface area contributed by atoms with Gasteiger partial charge in [-0.1, -0.05) is 25.1 Å². The highest BCUT2D eigenvalue weighted by atomic mass is 19.3. The van der Waals surface area contributed by atoms with Crippen LogP contribution >= 0.6 is 0 Å². The fraction of sp³-hybridized carbons (Fsp3) is 0.440. The normalized spacial score (nSPS) is 16.6. The second-order valence-electron chi connectivity index (χ2n) is 9.19. The van der Waals surface area contributed by atoms with E-state index in [4.69, 9.17) is 0 Å². The number of carbonyl (C=O) groups is 1. The Labute approximate surface area is 196 Å². The van der Waals surface area contributed by atoms with Crippen LogP contribution < -0.4 is 5.32 Å². The maximum Gasteiger partial charge on any atom is 0.266 e. The lowest BCUT2D eigenvalue weighted by molar-refractivity contribution is -0.130. The molecule has 9 heteroatoms. The number of likely N-dealkylation sites (tertiary alicyclic amines) is 1. The number of nitrogens with zero attached hydrogens (tertiary/aromatic N) is 4. The van der Waals surface area contributed by atoms with E-state index in [2.05, 4.69) is 27.2 Å². The molecule has 0 aliphatic carbocycles. The Morgan fingerprint density at radius 2 is 1.85 bits per heavy atom. The third-order valence-corrected chi connectivity index (χ3v) is 6.74. The van der Waals surface area contributed by atoms with Crippen LogP contribution in [0.3, 0.4) is 0 Å². The predicted octanol–water partition coefficient (Wildman–Crippen LogP) is 5.48. The highest BCUT2D eigenvalue weighted by molar-refractivity contribution is 5.89. The van der Waals surface area contributed by atoms with Crippen molar-refractivity contribution in [3.63, 3.8) is 0 Å². The van der Waals surface area contributed by atoms with E-state index in [1.807, 2.05) is 11.0 Å². The molecule has 1 saturated heterocycles. The molecule has 1 aromatic carbocycles. The summed E-state index contributed by atoms with van der Waals surface area (Å²) in [6.45, 7) is 8.50. The number of hydrogen-bond donors (Lipinski definition) is 1. The summed E-state index contributed by atoms with van der Waals surface area (Å²) in [4.78, 5) is 27.2. The number of pyridine rings is 1. The first-order valence-electron chi connectivity index (χ1n) is 11.3. The monoisotopic (exact) mass is 471 g/mol. The van der Waals surface area contributed by atoms with E-state index in [0.29, 0.717) is 30.2 Å². The Morgan fingerprint density at radius 3 is 2.50 bits per heavy atom. The summed E-state index contributed by atoms with van der Waals surface area (Å²) >= 11 is 0. The average molecular weight is 472 g/mol. The number of nitrogens with one attached hydrogen (secondary N) is 1. The molecule has 34 heavy (non-hydrogen) atoms. The number of alkyl halides is 2. The first-order chi connectivity index (χ1) is 16.1. The molecule has 1 atom stereocenters. The van der Waals surface area contributed by atoms with Crippen LogP contribution in [0.2, 0.25) is 0 Å². The van der Waals surface area contributed by atoms with Gasteiger partial charge in [-0.3, -0.25) is 9.78 Å². The number of benzene rings is 1. The van der Waals surface area contributed by atoms with Gasteiger partial charge >= 0.3 is 0 Å². The molecule has 3 aromatic rings. The fourth-order valence-electron chi connectivity index (χ4n) is 4.51. The van der Waals surface area contributed by atoms with Crippen molar-refractivity contribution < 1.29 is 18.0 Å². The summed E-state index contributed by atoms with van der Waals surface area (Å²) in [5.41, 5.74) is 0.812. The van der Waals surface area contributed by atoms with E-state index in [1.54, 1.807) is 27.0 Å². The Bertz CT molecular complexity index is 1220. The lowest BCUT2D eigenvalue weighted by Gasteiger charge is -2.38. The molecule has 1 unspecified atom stereocenters. The van der Waals surface area contributed by atoms with Crippen LogP contribution in [0.15, 0.2) is 30.5 Å². The van der Waals surface area contributed by atoms with Crippen molar-refractivity contribution >= 4 is 22.6 Å². The number of aryl methyl sites for hydroxylation is 1. The highest BCUT2D eigenvalue weighted by Gasteiger charge is 2.34. The zero-order valence-corrected chi connectivity index (χ0v) is 19.7. The Morgan fingerprint density at radius 1 is 1.18 bits per heavy atom. The van der Waals surface area contributed by atoms with Gasteiger partial charge in [0.2, 0.25) is 5.91 Å². The Balaban J connectivity index is 1.68. The maximum absolute atomic E-state index is 14.7.